The van der Waals surface area contributed by atoms with Gasteiger partial charge in [-0.15, -0.1) is 0 Å². The second-order valence-corrected chi connectivity index (χ2v) is 10.4. The Morgan fingerprint density at radius 1 is 1.12 bits per heavy atom. The summed E-state index contributed by atoms with van der Waals surface area (Å²) in [7, 11) is 1.43. The van der Waals surface area contributed by atoms with Gasteiger partial charge in [-0.3, -0.25) is 14.5 Å². The Labute approximate surface area is 232 Å². The molecule has 9 nitrogen and oxygen atoms in total. The van der Waals surface area contributed by atoms with Gasteiger partial charge in [0, 0.05) is 57.1 Å². The summed E-state index contributed by atoms with van der Waals surface area (Å²) in [6.45, 7) is 5.17. The molecule has 1 aromatic heterocycles. The number of amides is 2. The monoisotopic (exact) mass is 582 g/mol. The molecule has 5 rings (SSSR count). The lowest BCUT2D eigenvalue weighted by molar-refractivity contribution is -0.137. The van der Waals surface area contributed by atoms with Crippen LogP contribution in [0, 0.1) is 12.7 Å². The van der Waals surface area contributed by atoms with E-state index in [-0.39, 0.29) is 46.3 Å². The van der Waals surface area contributed by atoms with Crippen LogP contribution in [0.2, 0.25) is 5.02 Å². The van der Waals surface area contributed by atoms with Crippen molar-refractivity contribution in [1.82, 2.24) is 14.8 Å². The number of nitrogens with zero attached hydrogens (tertiary/aromatic N) is 6. The minimum atomic E-state index is -4.65. The Kier molecular flexibility index (Phi) is 7.73. The third-order valence-electron chi connectivity index (χ3n) is 7.28. The van der Waals surface area contributed by atoms with Crippen molar-refractivity contribution in [2.24, 2.45) is 5.10 Å². The maximum atomic E-state index is 13.7. The number of aryl methyl sites for hydroxylation is 1. The molecule has 2 saturated heterocycles. The lowest BCUT2D eigenvalue weighted by atomic mass is 10.0. The molecule has 2 amide bonds. The molecule has 0 N–H and O–H groups in total. The molecule has 1 atom stereocenters. The van der Waals surface area contributed by atoms with E-state index in [1.807, 2.05) is 0 Å². The number of hydrogen-bond acceptors (Lipinski definition) is 7. The summed E-state index contributed by atoms with van der Waals surface area (Å²) in [5.74, 6) is -1.85. The summed E-state index contributed by atoms with van der Waals surface area (Å²) >= 11 is 5.89. The van der Waals surface area contributed by atoms with E-state index in [1.54, 1.807) is 4.90 Å². The number of alkyl halides is 3. The number of carbonyl (C=O) groups is 2. The molecule has 3 aliphatic rings. The first-order valence-electron chi connectivity index (χ1n) is 12.7. The van der Waals surface area contributed by atoms with Gasteiger partial charge in [-0.25, -0.2) is 14.4 Å². The smallest absolute Gasteiger partial charge is 0.379 e. The van der Waals surface area contributed by atoms with E-state index in [9.17, 15) is 27.2 Å². The van der Waals surface area contributed by atoms with Crippen LogP contribution in [0.15, 0.2) is 35.4 Å². The Hall–Kier alpha value is -3.29. The predicted octanol–water partition coefficient (Wildman–Crippen LogP) is 3.34. The van der Waals surface area contributed by atoms with E-state index in [2.05, 4.69) is 15.0 Å². The molecule has 0 bridgehead atoms. The molecule has 214 valence electrons. The molecule has 0 radical (unpaired) electrons. The second kappa shape index (κ2) is 10.9. The summed E-state index contributed by atoms with van der Waals surface area (Å²) in [5, 5.41) is 5.20. The SMILES string of the molecule is Cc1cc(C(F)(F)F)cc(N2N=C(C(=O)N3CC(N4CCOCC4)C3)CC2C(=O)N(C)c2ccc(F)c(Cl)c2)n1. The van der Waals surface area contributed by atoms with Gasteiger partial charge in [-0.1, -0.05) is 11.6 Å². The molecule has 1 unspecified atom stereocenters. The van der Waals surface area contributed by atoms with Crippen LogP contribution in [0.25, 0.3) is 0 Å². The fourth-order valence-electron chi connectivity index (χ4n) is 5.00. The first kappa shape index (κ1) is 28.2. The molecule has 2 fully saturated rings. The maximum absolute atomic E-state index is 13.7. The van der Waals surface area contributed by atoms with Gasteiger partial charge >= 0.3 is 6.18 Å². The number of hydrogen-bond donors (Lipinski definition) is 0. The highest BCUT2D eigenvalue weighted by atomic mass is 35.5. The normalized spacial score (nSPS) is 20.4. The summed E-state index contributed by atoms with van der Waals surface area (Å²) in [4.78, 5) is 36.3. The Morgan fingerprint density at radius 2 is 1.82 bits per heavy atom. The van der Waals surface area contributed by atoms with Crippen molar-refractivity contribution >= 4 is 40.6 Å². The van der Waals surface area contributed by atoms with Crippen LogP contribution >= 0.6 is 11.6 Å². The van der Waals surface area contributed by atoms with E-state index >= 15 is 0 Å². The van der Waals surface area contributed by atoms with E-state index in [1.165, 1.54) is 31.0 Å². The molecule has 40 heavy (non-hydrogen) atoms. The minimum Gasteiger partial charge on any atom is -0.379 e. The fraction of sp³-hybridized carbons (Fsp3) is 0.462. The number of pyridine rings is 1. The van der Waals surface area contributed by atoms with Gasteiger partial charge in [0.15, 0.2) is 0 Å². The predicted molar refractivity (Wildman–Crippen MR) is 140 cm³/mol. The number of anilines is 2. The van der Waals surface area contributed by atoms with Crippen LogP contribution in [0.5, 0.6) is 0 Å². The number of rotatable bonds is 5. The van der Waals surface area contributed by atoms with E-state index in [4.69, 9.17) is 16.3 Å². The van der Waals surface area contributed by atoms with Crippen LogP contribution < -0.4 is 9.91 Å². The average molecular weight is 583 g/mol. The number of morpholine rings is 1. The standard InChI is InChI=1S/C26H27ClF4N6O3/c1-15-9-16(26(29,30)31)10-23(32-15)37-22(25(39)34(2)17-3-4-20(28)19(27)11-17)12-21(33-37)24(38)36-13-18(14-36)35-5-7-40-8-6-35/h3-4,9-11,18,22H,5-8,12-14H2,1-2H3. The van der Waals surface area contributed by atoms with Crippen molar-refractivity contribution in [3.05, 3.63) is 52.4 Å². The summed E-state index contributed by atoms with van der Waals surface area (Å²) in [5.41, 5.74) is -0.576. The topological polar surface area (TPSA) is 81.6 Å². The van der Waals surface area contributed by atoms with Crippen LogP contribution in [0.3, 0.4) is 0 Å². The Morgan fingerprint density at radius 3 is 2.48 bits per heavy atom. The van der Waals surface area contributed by atoms with Crippen molar-refractivity contribution in [2.75, 3.05) is 56.3 Å². The van der Waals surface area contributed by atoms with Crippen LogP contribution in [0.1, 0.15) is 17.7 Å². The summed E-state index contributed by atoms with van der Waals surface area (Å²) in [6.07, 6.45) is -4.80. The van der Waals surface area contributed by atoms with Crippen LogP contribution in [0.4, 0.5) is 29.1 Å². The first-order chi connectivity index (χ1) is 18.9. The van der Waals surface area contributed by atoms with Gasteiger partial charge in [0.2, 0.25) is 0 Å². The molecule has 0 aliphatic carbocycles. The quantitative estimate of drug-likeness (QED) is 0.503. The van der Waals surface area contributed by atoms with Crippen molar-refractivity contribution in [3.8, 4) is 0 Å². The van der Waals surface area contributed by atoms with Gasteiger partial charge in [-0.05, 0) is 37.3 Å². The molecule has 2 aromatic rings. The molecular formula is C26H27ClF4N6O3. The third-order valence-corrected chi connectivity index (χ3v) is 7.57. The Bertz CT molecular complexity index is 1340. The molecule has 3 aliphatic heterocycles. The van der Waals surface area contributed by atoms with Crippen molar-refractivity contribution in [1.29, 1.82) is 0 Å². The number of ether oxygens (including phenoxy) is 1. The van der Waals surface area contributed by atoms with E-state index in [0.29, 0.717) is 26.3 Å². The highest BCUT2D eigenvalue weighted by Crippen LogP contribution is 2.34. The lowest BCUT2D eigenvalue weighted by Crippen LogP contribution is -2.63. The molecule has 0 saturated carbocycles. The second-order valence-electron chi connectivity index (χ2n) is 9.97. The molecule has 1 aromatic carbocycles. The zero-order valence-electron chi connectivity index (χ0n) is 21.8. The van der Waals surface area contributed by atoms with Gasteiger partial charge in [0.05, 0.1) is 23.8 Å². The zero-order valence-corrected chi connectivity index (χ0v) is 22.5. The Balaban J connectivity index is 1.42. The average Bonchev–Trinajstić information content (AvgIpc) is 3.34. The number of halogens is 5. The number of carbonyl (C=O) groups excluding carboxylic acids is 2. The zero-order chi connectivity index (χ0) is 28.8. The summed E-state index contributed by atoms with van der Waals surface area (Å²) < 4.78 is 59.9. The molecular weight excluding hydrogens is 556 g/mol. The number of hydrazone groups is 1. The van der Waals surface area contributed by atoms with Crippen molar-refractivity contribution < 1.29 is 31.9 Å². The minimum absolute atomic E-state index is 0.0428. The number of aromatic nitrogens is 1. The van der Waals surface area contributed by atoms with Crippen LogP contribution in [-0.4, -0.2) is 90.8 Å². The number of likely N-dealkylation sites (tertiary alicyclic amines) is 1. The van der Waals surface area contributed by atoms with Crippen molar-refractivity contribution in [3.63, 3.8) is 0 Å². The maximum Gasteiger partial charge on any atom is 0.416 e. The van der Waals surface area contributed by atoms with Crippen molar-refractivity contribution in [2.45, 2.75) is 31.6 Å². The lowest BCUT2D eigenvalue weighted by Gasteiger charge is -2.46. The van der Waals surface area contributed by atoms with E-state index in [0.717, 1.165) is 36.3 Å². The van der Waals surface area contributed by atoms with Gasteiger partial charge in [-0.2, -0.15) is 18.3 Å². The largest absolute Gasteiger partial charge is 0.416 e. The van der Waals surface area contributed by atoms with Gasteiger partial charge in [0.1, 0.15) is 23.4 Å². The molecule has 14 heteroatoms. The highest BCUT2D eigenvalue weighted by Gasteiger charge is 2.44. The number of likely N-dealkylation sites (N-methyl/N-ethyl adjacent to an activating group) is 1. The molecule has 4 heterocycles. The highest BCUT2D eigenvalue weighted by molar-refractivity contribution is 6.40. The van der Waals surface area contributed by atoms with Crippen LogP contribution in [-0.2, 0) is 20.5 Å². The van der Waals surface area contributed by atoms with Gasteiger partial charge in [0.25, 0.3) is 11.8 Å². The van der Waals surface area contributed by atoms with E-state index < -0.39 is 29.5 Å². The molecule has 0 spiro atoms. The first-order valence-corrected chi connectivity index (χ1v) is 13.1. The van der Waals surface area contributed by atoms with Gasteiger partial charge < -0.3 is 14.5 Å². The third kappa shape index (κ3) is 5.63. The number of benzene rings is 1. The summed E-state index contributed by atoms with van der Waals surface area (Å²) in [6, 6.07) is 4.43. The fourth-order valence-corrected chi connectivity index (χ4v) is 5.17.